The highest BCUT2D eigenvalue weighted by molar-refractivity contribution is 5.94. The largest absolute Gasteiger partial charge is 0.478 e. The summed E-state index contributed by atoms with van der Waals surface area (Å²) in [6, 6.07) is -1.43. The fourth-order valence-electron chi connectivity index (χ4n) is 4.13. The highest BCUT2D eigenvalue weighted by atomic mass is 16.6. The molecule has 3 rings (SSSR count). The summed E-state index contributed by atoms with van der Waals surface area (Å²) in [7, 11) is 0. The molecule has 1 aromatic heterocycles. The predicted octanol–water partition coefficient (Wildman–Crippen LogP) is -6.23. The number of ether oxygens (including phenoxy) is 2. The van der Waals surface area contributed by atoms with Crippen LogP contribution in [0, 0.1) is 0 Å². The Kier molecular flexibility index (Phi) is 8.78. The minimum atomic E-state index is -2.71. The second-order valence-corrected chi connectivity index (χ2v) is 8.68. The maximum atomic E-state index is 12.9. The summed E-state index contributed by atoms with van der Waals surface area (Å²) in [4.78, 5) is 40.4. The van der Waals surface area contributed by atoms with E-state index in [0.29, 0.717) is 0 Å². The van der Waals surface area contributed by atoms with Crippen molar-refractivity contribution in [3.63, 3.8) is 0 Å². The van der Waals surface area contributed by atoms with Crippen molar-refractivity contribution < 1.29 is 64.7 Å². The summed E-state index contributed by atoms with van der Waals surface area (Å²) in [5.41, 5.74) is -2.71. The van der Waals surface area contributed by atoms with Crippen LogP contribution in [0.25, 0.3) is 0 Å². The molecule has 208 valence electrons. The monoisotopic (exact) mass is 535 g/mol. The Bertz CT molecular complexity index is 993. The number of aliphatic carboxylic acids is 1. The van der Waals surface area contributed by atoms with E-state index in [1.807, 2.05) is 5.32 Å². The smallest absolute Gasteiger partial charge is 0.357 e. The summed E-state index contributed by atoms with van der Waals surface area (Å²) in [6.45, 7) is -0.512. The average molecular weight is 535 g/mol. The van der Waals surface area contributed by atoms with Crippen LogP contribution in [-0.2, 0) is 19.1 Å². The molecule has 0 radical (unpaired) electrons. The van der Waals surface area contributed by atoms with Crippen molar-refractivity contribution in [2.45, 2.75) is 74.1 Å². The van der Waals surface area contributed by atoms with Gasteiger partial charge in [0.2, 0.25) is 17.5 Å². The van der Waals surface area contributed by atoms with Gasteiger partial charge in [-0.2, -0.15) is 0 Å². The van der Waals surface area contributed by atoms with E-state index in [0.717, 1.165) is 17.9 Å². The molecule has 2 amide bonds. The van der Waals surface area contributed by atoms with Crippen LogP contribution in [0.15, 0.2) is 6.33 Å². The number of carbonyl (C=O) groups is 3. The summed E-state index contributed by atoms with van der Waals surface area (Å²) >= 11 is 0. The normalized spacial score (nSPS) is 35.5. The van der Waals surface area contributed by atoms with Crippen molar-refractivity contribution in [3.05, 3.63) is 12.2 Å². The van der Waals surface area contributed by atoms with Crippen LogP contribution in [0.4, 0.5) is 0 Å². The van der Waals surface area contributed by atoms with Gasteiger partial charge < -0.3 is 61.0 Å². The minimum Gasteiger partial charge on any atom is -0.478 e. The molecule has 18 nitrogen and oxygen atoms in total. The first-order valence-corrected chi connectivity index (χ1v) is 11.0. The molecule has 3 heterocycles. The number of nitrogens with zero attached hydrogens (tertiary/aromatic N) is 3. The van der Waals surface area contributed by atoms with Crippen LogP contribution >= 0.6 is 0 Å². The maximum absolute atomic E-state index is 12.9. The van der Waals surface area contributed by atoms with Crippen LogP contribution in [0.3, 0.4) is 0 Å². The molecular weight excluding hydrogens is 506 g/mol. The molecule has 18 heteroatoms. The first-order chi connectivity index (χ1) is 17.3. The number of nitrogens with one attached hydrogen (secondary N) is 2. The molecule has 0 bridgehead atoms. The number of aromatic nitrogens is 3. The molecular formula is C19H29N5O13. The summed E-state index contributed by atoms with van der Waals surface area (Å²) in [5, 5.41) is 87.3. The van der Waals surface area contributed by atoms with E-state index < -0.39 is 104 Å². The molecule has 2 saturated heterocycles. The molecule has 0 saturated carbocycles. The molecule has 10 N–H and O–H groups in total. The minimum absolute atomic E-state index is 0.616. The van der Waals surface area contributed by atoms with Crippen LogP contribution in [0.2, 0.25) is 0 Å². The summed E-state index contributed by atoms with van der Waals surface area (Å²) in [5.74, 6) is -4.39. The van der Waals surface area contributed by atoms with Gasteiger partial charge in [-0.1, -0.05) is 0 Å². The third-order valence-electron chi connectivity index (χ3n) is 6.04. The van der Waals surface area contributed by atoms with Crippen molar-refractivity contribution in [1.29, 1.82) is 0 Å². The van der Waals surface area contributed by atoms with Gasteiger partial charge in [0.25, 0.3) is 5.91 Å². The van der Waals surface area contributed by atoms with Gasteiger partial charge in [0.15, 0.2) is 6.23 Å². The molecule has 2 fully saturated rings. The number of hydrogen-bond donors (Lipinski definition) is 10. The lowest BCUT2D eigenvalue weighted by atomic mass is 9.87. The second kappa shape index (κ2) is 11.3. The van der Waals surface area contributed by atoms with E-state index in [9.17, 15) is 55.2 Å². The number of carboxylic acids is 1. The van der Waals surface area contributed by atoms with Gasteiger partial charge in [0, 0.05) is 13.3 Å². The number of carboxylic acid groups (broad SMARTS) is 1. The van der Waals surface area contributed by atoms with E-state index in [1.54, 1.807) is 0 Å². The Balaban J connectivity index is 1.85. The van der Waals surface area contributed by atoms with E-state index in [2.05, 4.69) is 15.4 Å². The maximum Gasteiger partial charge on any atom is 0.357 e. The number of hydrogen-bond acceptors (Lipinski definition) is 14. The third kappa shape index (κ3) is 5.71. The predicted molar refractivity (Wildman–Crippen MR) is 113 cm³/mol. The molecule has 0 spiro atoms. The van der Waals surface area contributed by atoms with Crippen LogP contribution in [0.1, 0.15) is 30.2 Å². The van der Waals surface area contributed by atoms with Gasteiger partial charge in [0.05, 0.1) is 25.4 Å². The number of rotatable bonds is 9. The Hall–Kier alpha value is -2.81. The Morgan fingerprint density at radius 2 is 1.89 bits per heavy atom. The van der Waals surface area contributed by atoms with Crippen molar-refractivity contribution in [3.8, 4) is 0 Å². The number of aliphatic hydroxyl groups excluding tert-OH is 7. The van der Waals surface area contributed by atoms with Gasteiger partial charge in [0.1, 0.15) is 43.0 Å². The van der Waals surface area contributed by atoms with E-state index in [4.69, 9.17) is 9.47 Å². The van der Waals surface area contributed by atoms with E-state index >= 15 is 0 Å². The Morgan fingerprint density at radius 3 is 2.43 bits per heavy atom. The van der Waals surface area contributed by atoms with Crippen molar-refractivity contribution in [2.24, 2.45) is 0 Å². The fraction of sp³-hybridized carbons (Fsp3) is 0.737. The standard InChI is InChI=1S/C19H29N5O13/c1-6(27)21-10-7(28)2-19(18(34)35,37-14(10)11(30)8(29)3-25)22-16(33)15-20-5-24(23-15)17-13(32)12(31)9(4-26)36-17/h5,7-14,17,25-26,28-32H,2-4H2,1H3,(H,21,27)(H,22,33)(H,34,35). The first-order valence-electron chi connectivity index (χ1n) is 11.0. The lowest BCUT2D eigenvalue weighted by Crippen LogP contribution is -2.71. The molecule has 0 aromatic carbocycles. The number of carbonyl (C=O) groups excluding carboxylic acids is 2. The molecule has 2 aliphatic heterocycles. The Morgan fingerprint density at radius 1 is 1.22 bits per heavy atom. The van der Waals surface area contributed by atoms with Gasteiger partial charge in [-0.3, -0.25) is 9.59 Å². The molecule has 0 aliphatic carbocycles. The second-order valence-electron chi connectivity index (χ2n) is 8.68. The lowest BCUT2D eigenvalue weighted by molar-refractivity contribution is -0.234. The van der Waals surface area contributed by atoms with Crippen molar-refractivity contribution >= 4 is 17.8 Å². The van der Waals surface area contributed by atoms with Gasteiger partial charge in [-0.25, -0.2) is 14.5 Å². The molecule has 10 atom stereocenters. The lowest BCUT2D eigenvalue weighted by Gasteiger charge is -2.46. The molecule has 2 aliphatic rings. The van der Waals surface area contributed by atoms with E-state index in [-0.39, 0.29) is 0 Å². The van der Waals surface area contributed by atoms with Gasteiger partial charge in [-0.05, 0) is 0 Å². The molecule has 37 heavy (non-hydrogen) atoms. The van der Waals surface area contributed by atoms with Crippen LogP contribution in [-0.4, -0.2) is 141 Å². The average Bonchev–Trinajstić information content (AvgIpc) is 3.44. The zero-order valence-corrected chi connectivity index (χ0v) is 19.4. The van der Waals surface area contributed by atoms with Crippen LogP contribution in [0.5, 0.6) is 0 Å². The Labute approximate surface area is 208 Å². The zero-order valence-electron chi connectivity index (χ0n) is 19.4. The van der Waals surface area contributed by atoms with Crippen LogP contribution < -0.4 is 10.6 Å². The van der Waals surface area contributed by atoms with Crippen molar-refractivity contribution in [1.82, 2.24) is 25.4 Å². The third-order valence-corrected chi connectivity index (χ3v) is 6.04. The molecule has 1 aromatic rings. The highest BCUT2D eigenvalue weighted by Crippen LogP contribution is 2.32. The van der Waals surface area contributed by atoms with Gasteiger partial charge in [-0.15, -0.1) is 5.10 Å². The molecule has 10 unspecified atom stereocenters. The van der Waals surface area contributed by atoms with E-state index in [1.165, 1.54) is 0 Å². The van der Waals surface area contributed by atoms with Crippen molar-refractivity contribution in [2.75, 3.05) is 13.2 Å². The van der Waals surface area contributed by atoms with Gasteiger partial charge >= 0.3 is 5.97 Å². The summed E-state index contributed by atoms with van der Waals surface area (Å²) < 4.78 is 11.6. The SMILES string of the molecule is CC(=O)NC1C(O)CC(NC(=O)c2ncn(C3OC(CO)C(O)C3O)n2)(C(=O)O)OC1C(O)C(O)CO. The quantitative estimate of drug-likeness (QED) is 0.141. The number of aliphatic hydroxyl groups is 7. The zero-order chi connectivity index (χ0) is 27.7. The summed E-state index contributed by atoms with van der Waals surface area (Å²) in [6.07, 6.45) is -12.7. The number of amides is 2. The first kappa shape index (κ1) is 28.8. The topological polar surface area (TPSA) is 286 Å². The fourth-order valence-corrected chi connectivity index (χ4v) is 4.13. The highest BCUT2D eigenvalue weighted by Gasteiger charge is 2.56.